The fourth-order valence-electron chi connectivity index (χ4n) is 4.26. The third-order valence-electron chi connectivity index (χ3n) is 6.31. The number of hydrogen-bond acceptors (Lipinski definition) is 6. The van der Waals surface area contributed by atoms with Crippen molar-refractivity contribution in [1.82, 2.24) is 30.0 Å². The molecule has 1 amide bonds. The number of benzene rings is 1. The van der Waals surface area contributed by atoms with Crippen LogP contribution in [0.5, 0.6) is 5.75 Å². The van der Waals surface area contributed by atoms with E-state index in [9.17, 15) is 9.18 Å². The summed E-state index contributed by atoms with van der Waals surface area (Å²) in [5, 5.41) is 11.8. The lowest BCUT2D eigenvalue weighted by molar-refractivity contribution is 0.0902. The van der Waals surface area contributed by atoms with Gasteiger partial charge >= 0.3 is 0 Å². The van der Waals surface area contributed by atoms with Crippen molar-refractivity contribution < 1.29 is 13.9 Å². The first-order valence-corrected chi connectivity index (χ1v) is 11.7. The average Bonchev–Trinajstić information content (AvgIpc) is 3.58. The highest BCUT2D eigenvalue weighted by Gasteiger charge is 2.36. The Bertz CT molecular complexity index is 1350. The van der Waals surface area contributed by atoms with Gasteiger partial charge in [-0.15, -0.1) is 10.2 Å². The Morgan fingerprint density at radius 3 is 2.54 bits per heavy atom. The number of hydrogen-bond donors (Lipinski definition) is 1. The lowest BCUT2D eigenvalue weighted by Gasteiger charge is -2.35. The first kappa shape index (κ1) is 21.4. The van der Waals surface area contributed by atoms with E-state index in [2.05, 4.69) is 25.5 Å². The molecular formula is C26H23FN6O2. The van der Waals surface area contributed by atoms with E-state index in [4.69, 9.17) is 4.74 Å². The van der Waals surface area contributed by atoms with Gasteiger partial charge in [-0.25, -0.2) is 9.37 Å². The van der Waals surface area contributed by atoms with Gasteiger partial charge < -0.3 is 10.1 Å². The highest BCUT2D eigenvalue weighted by Crippen LogP contribution is 2.39. The van der Waals surface area contributed by atoms with E-state index in [0.29, 0.717) is 47.3 Å². The molecule has 2 saturated carbocycles. The van der Waals surface area contributed by atoms with Crippen molar-refractivity contribution in [2.75, 3.05) is 0 Å². The van der Waals surface area contributed by atoms with Crippen molar-refractivity contribution in [3.63, 3.8) is 0 Å². The summed E-state index contributed by atoms with van der Waals surface area (Å²) in [6, 6.07) is 15.4. The molecule has 0 saturated heterocycles. The Labute approximate surface area is 201 Å². The molecule has 6 rings (SSSR count). The standard InChI is InChI=1S/C26H23FN6O2/c27-20-5-1-2-7-23(20)33-24(16-13-17(14-16)30-26(34)22-6-3-4-12-28-22)31-32-25(33)21-11-10-19(15-29-21)35-18-8-9-18/h1-7,10-12,15-18H,8-9,13-14H2,(H,30,34). The molecule has 1 N–H and O–H groups in total. The van der Waals surface area contributed by atoms with Gasteiger partial charge in [-0.1, -0.05) is 18.2 Å². The van der Waals surface area contributed by atoms with Crippen LogP contribution in [0.2, 0.25) is 0 Å². The molecule has 1 aromatic carbocycles. The Hall–Kier alpha value is -4.14. The highest BCUT2D eigenvalue weighted by atomic mass is 19.1. The van der Waals surface area contributed by atoms with Gasteiger partial charge in [0.15, 0.2) is 5.82 Å². The van der Waals surface area contributed by atoms with Crippen LogP contribution < -0.4 is 10.1 Å². The number of pyridine rings is 2. The van der Waals surface area contributed by atoms with E-state index in [1.54, 1.807) is 53.4 Å². The zero-order valence-corrected chi connectivity index (χ0v) is 18.8. The molecule has 0 radical (unpaired) electrons. The van der Waals surface area contributed by atoms with Crippen LogP contribution in [-0.4, -0.2) is 42.8 Å². The first-order chi connectivity index (χ1) is 17.2. The van der Waals surface area contributed by atoms with Gasteiger partial charge in [0.05, 0.1) is 18.0 Å². The number of para-hydroxylation sites is 1. The second kappa shape index (κ2) is 8.90. The number of aromatic nitrogens is 5. The molecule has 3 heterocycles. The van der Waals surface area contributed by atoms with Crippen LogP contribution in [-0.2, 0) is 0 Å². The summed E-state index contributed by atoms with van der Waals surface area (Å²) in [4.78, 5) is 21.0. The van der Waals surface area contributed by atoms with Crippen molar-refractivity contribution in [1.29, 1.82) is 0 Å². The van der Waals surface area contributed by atoms with Crippen molar-refractivity contribution in [3.05, 3.63) is 84.3 Å². The fourth-order valence-corrected chi connectivity index (χ4v) is 4.26. The van der Waals surface area contributed by atoms with E-state index >= 15 is 0 Å². The maximum atomic E-state index is 14.9. The number of nitrogens with zero attached hydrogens (tertiary/aromatic N) is 5. The number of carbonyl (C=O) groups excluding carboxylic acids is 1. The van der Waals surface area contributed by atoms with Crippen LogP contribution in [0.25, 0.3) is 17.2 Å². The maximum Gasteiger partial charge on any atom is 0.270 e. The summed E-state index contributed by atoms with van der Waals surface area (Å²) >= 11 is 0. The van der Waals surface area contributed by atoms with Gasteiger partial charge in [0.1, 0.15) is 28.8 Å². The topological polar surface area (TPSA) is 94.8 Å². The normalized spacial score (nSPS) is 19.1. The Balaban J connectivity index is 1.25. The first-order valence-electron chi connectivity index (χ1n) is 11.7. The summed E-state index contributed by atoms with van der Waals surface area (Å²) in [6.07, 6.45) is 7.02. The van der Waals surface area contributed by atoms with Crippen LogP contribution in [0, 0.1) is 5.82 Å². The molecule has 3 aromatic heterocycles. The van der Waals surface area contributed by atoms with Crippen molar-refractivity contribution in [2.45, 2.75) is 43.7 Å². The van der Waals surface area contributed by atoms with Crippen LogP contribution in [0.4, 0.5) is 4.39 Å². The van der Waals surface area contributed by atoms with Gasteiger partial charge in [0, 0.05) is 18.2 Å². The Morgan fingerprint density at radius 2 is 1.83 bits per heavy atom. The summed E-state index contributed by atoms with van der Waals surface area (Å²) in [5.74, 6) is 1.25. The second-order valence-corrected chi connectivity index (χ2v) is 8.92. The predicted octanol–water partition coefficient (Wildman–Crippen LogP) is 4.08. The number of amides is 1. The summed E-state index contributed by atoms with van der Waals surface area (Å²) in [7, 11) is 0. The molecule has 9 heteroatoms. The van der Waals surface area contributed by atoms with Crippen LogP contribution in [0.1, 0.15) is 47.9 Å². The minimum atomic E-state index is -0.372. The molecule has 0 aliphatic heterocycles. The minimum Gasteiger partial charge on any atom is -0.489 e. The second-order valence-electron chi connectivity index (χ2n) is 8.92. The molecule has 0 bridgehead atoms. The Morgan fingerprint density at radius 1 is 1.00 bits per heavy atom. The molecule has 2 fully saturated rings. The predicted molar refractivity (Wildman–Crippen MR) is 126 cm³/mol. The van der Waals surface area contributed by atoms with E-state index in [-0.39, 0.29) is 29.8 Å². The molecule has 4 aromatic rings. The summed E-state index contributed by atoms with van der Waals surface area (Å²) < 4.78 is 22.4. The lowest BCUT2D eigenvalue weighted by atomic mass is 9.79. The third-order valence-corrected chi connectivity index (χ3v) is 6.31. The van der Waals surface area contributed by atoms with Crippen molar-refractivity contribution in [2.24, 2.45) is 0 Å². The van der Waals surface area contributed by atoms with Gasteiger partial charge in [0.25, 0.3) is 5.91 Å². The van der Waals surface area contributed by atoms with Gasteiger partial charge in [-0.2, -0.15) is 0 Å². The fraction of sp³-hybridized carbons (Fsp3) is 0.269. The molecule has 0 unspecified atom stereocenters. The van der Waals surface area contributed by atoms with E-state index < -0.39 is 0 Å². The number of halogens is 1. The molecule has 2 aliphatic carbocycles. The number of rotatable bonds is 7. The summed E-state index contributed by atoms with van der Waals surface area (Å²) in [6.45, 7) is 0. The van der Waals surface area contributed by atoms with Crippen molar-refractivity contribution >= 4 is 5.91 Å². The molecule has 0 atom stereocenters. The van der Waals surface area contributed by atoms with Crippen LogP contribution in [0.15, 0.2) is 67.0 Å². The SMILES string of the molecule is O=C(NC1CC(c2nnc(-c3ccc(OC4CC4)cn3)n2-c2ccccc2F)C1)c1ccccn1. The molecule has 176 valence electrons. The molecular weight excluding hydrogens is 447 g/mol. The van der Waals surface area contributed by atoms with Crippen LogP contribution >= 0.6 is 0 Å². The Kier molecular flexibility index (Phi) is 5.44. The van der Waals surface area contributed by atoms with Gasteiger partial charge in [-0.3, -0.25) is 14.3 Å². The van der Waals surface area contributed by atoms with Crippen molar-refractivity contribution in [3.8, 4) is 23.0 Å². The third kappa shape index (κ3) is 4.37. The number of ether oxygens (including phenoxy) is 1. The van der Waals surface area contributed by atoms with E-state index in [0.717, 1.165) is 12.8 Å². The molecule has 2 aliphatic rings. The number of carbonyl (C=O) groups is 1. The summed E-state index contributed by atoms with van der Waals surface area (Å²) in [5.41, 5.74) is 1.33. The number of nitrogens with one attached hydrogen (secondary N) is 1. The molecule has 0 spiro atoms. The van der Waals surface area contributed by atoms with Crippen LogP contribution in [0.3, 0.4) is 0 Å². The monoisotopic (exact) mass is 470 g/mol. The molecule has 8 nitrogen and oxygen atoms in total. The largest absolute Gasteiger partial charge is 0.489 e. The molecule has 35 heavy (non-hydrogen) atoms. The zero-order chi connectivity index (χ0) is 23.8. The zero-order valence-electron chi connectivity index (χ0n) is 18.8. The van der Waals surface area contributed by atoms with E-state index in [1.807, 2.05) is 12.1 Å². The quantitative estimate of drug-likeness (QED) is 0.437. The average molecular weight is 471 g/mol. The lowest BCUT2D eigenvalue weighted by Crippen LogP contribution is -2.44. The maximum absolute atomic E-state index is 14.9. The smallest absolute Gasteiger partial charge is 0.270 e. The highest BCUT2D eigenvalue weighted by molar-refractivity contribution is 5.92. The minimum absolute atomic E-state index is 0.0132. The van der Waals surface area contributed by atoms with E-state index in [1.165, 1.54) is 6.07 Å². The van der Waals surface area contributed by atoms with Gasteiger partial charge in [0.2, 0.25) is 0 Å². The van der Waals surface area contributed by atoms with Gasteiger partial charge in [-0.05, 0) is 62.1 Å².